The number of hydrazone groups is 1. The van der Waals surface area contributed by atoms with E-state index in [-0.39, 0.29) is 11.3 Å². The molecule has 0 heterocycles. The highest BCUT2D eigenvalue weighted by Crippen LogP contribution is 2.30. The number of methoxy groups -OCH3 is 2. The molecule has 0 aliphatic rings. The fourth-order valence-corrected chi connectivity index (χ4v) is 3.85. The topological polar surface area (TPSA) is 95.5 Å². The smallest absolute Gasteiger partial charge is 0.343 e. The van der Waals surface area contributed by atoms with Gasteiger partial charge in [-0.2, -0.15) is 5.10 Å². The first-order valence-electron chi connectivity index (χ1n) is 11.6. The molecular formula is C29H25ClN2O6. The van der Waals surface area contributed by atoms with E-state index in [1.54, 1.807) is 49.4 Å². The Morgan fingerprint density at radius 3 is 2.42 bits per heavy atom. The van der Waals surface area contributed by atoms with Gasteiger partial charge in [-0.15, -0.1) is 0 Å². The quantitative estimate of drug-likeness (QED) is 0.130. The first-order chi connectivity index (χ1) is 18.4. The molecule has 0 aliphatic heterocycles. The first kappa shape index (κ1) is 26.5. The fourth-order valence-electron chi connectivity index (χ4n) is 3.67. The SMILES string of the molecule is COc1ccc(C(=O)Oc2ccc3ccccc3c2/C=N\NC(=O)[C@@H](C)Oc2cccc(Cl)c2)cc1OC. The number of halogens is 1. The van der Waals surface area contributed by atoms with Gasteiger partial charge in [-0.05, 0) is 60.2 Å². The number of ether oxygens (including phenoxy) is 4. The zero-order valence-electron chi connectivity index (χ0n) is 20.9. The molecule has 8 nitrogen and oxygen atoms in total. The minimum atomic E-state index is -0.833. The Morgan fingerprint density at radius 1 is 0.895 bits per heavy atom. The molecule has 1 N–H and O–H groups in total. The Morgan fingerprint density at radius 2 is 1.66 bits per heavy atom. The number of carbonyl (C=O) groups excluding carboxylic acids is 2. The van der Waals surface area contributed by atoms with Crippen molar-refractivity contribution < 1.29 is 28.5 Å². The van der Waals surface area contributed by atoms with E-state index in [1.807, 2.05) is 30.3 Å². The van der Waals surface area contributed by atoms with Crippen molar-refractivity contribution in [3.63, 3.8) is 0 Å². The van der Waals surface area contributed by atoms with E-state index in [4.69, 9.17) is 30.5 Å². The lowest BCUT2D eigenvalue weighted by atomic mass is 10.0. The Kier molecular flexibility index (Phi) is 8.45. The number of nitrogens with zero attached hydrogens (tertiary/aromatic N) is 1. The van der Waals surface area contributed by atoms with Gasteiger partial charge in [-0.25, -0.2) is 10.2 Å². The van der Waals surface area contributed by atoms with E-state index in [0.29, 0.717) is 27.8 Å². The molecule has 0 saturated heterocycles. The van der Waals surface area contributed by atoms with Crippen molar-refractivity contribution in [3.05, 3.63) is 95.0 Å². The van der Waals surface area contributed by atoms with Crippen LogP contribution in [0.25, 0.3) is 10.8 Å². The highest BCUT2D eigenvalue weighted by Gasteiger charge is 2.17. The number of carbonyl (C=O) groups is 2. The summed E-state index contributed by atoms with van der Waals surface area (Å²) in [6.07, 6.45) is 0.601. The van der Waals surface area contributed by atoms with E-state index in [0.717, 1.165) is 10.8 Å². The standard InChI is InChI=1S/C29H25ClN2O6/c1-18(37-22-9-6-8-21(30)16-22)28(33)32-31-17-24-23-10-5-4-7-19(23)11-13-25(24)38-29(34)20-12-14-26(35-2)27(15-20)36-3/h4-18H,1-3H3,(H,32,33)/b31-17-/t18-/m1/s1. The van der Waals surface area contributed by atoms with Crippen molar-refractivity contribution in [1.29, 1.82) is 0 Å². The second kappa shape index (κ2) is 12.1. The molecule has 0 radical (unpaired) electrons. The Hall–Kier alpha value is -4.56. The van der Waals surface area contributed by atoms with Crippen molar-refractivity contribution in [2.24, 2.45) is 5.10 Å². The van der Waals surface area contributed by atoms with Crippen molar-refractivity contribution in [1.82, 2.24) is 5.43 Å². The summed E-state index contributed by atoms with van der Waals surface area (Å²) in [6, 6.07) is 22.6. The molecule has 0 spiro atoms. The molecule has 0 fully saturated rings. The third-order valence-electron chi connectivity index (χ3n) is 5.60. The number of hydrogen-bond acceptors (Lipinski definition) is 7. The van der Waals surface area contributed by atoms with E-state index in [2.05, 4.69) is 10.5 Å². The van der Waals surface area contributed by atoms with Crippen LogP contribution in [0.15, 0.2) is 84.0 Å². The van der Waals surface area contributed by atoms with Crippen LogP contribution >= 0.6 is 11.6 Å². The van der Waals surface area contributed by atoms with Crippen molar-refractivity contribution in [2.75, 3.05) is 14.2 Å². The molecule has 1 amide bonds. The molecule has 9 heteroatoms. The number of fused-ring (bicyclic) bond motifs is 1. The predicted molar refractivity (Wildman–Crippen MR) is 146 cm³/mol. The zero-order chi connectivity index (χ0) is 27.1. The molecule has 4 aromatic rings. The van der Waals surface area contributed by atoms with Crippen LogP contribution in [-0.4, -0.2) is 38.4 Å². The second-order valence-electron chi connectivity index (χ2n) is 8.11. The summed E-state index contributed by atoms with van der Waals surface area (Å²) >= 11 is 5.97. The second-order valence-corrected chi connectivity index (χ2v) is 8.55. The van der Waals surface area contributed by atoms with Gasteiger partial charge in [0.15, 0.2) is 17.6 Å². The summed E-state index contributed by atoms with van der Waals surface area (Å²) in [5.74, 6) is 0.562. The van der Waals surface area contributed by atoms with E-state index < -0.39 is 18.0 Å². The largest absolute Gasteiger partial charge is 0.493 e. The Balaban J connectivity index is 1.55. The van der Waals surface area contributed by atoms with Crippen LogP contribution in [0.2, 0.25) is 5.02 Å². The average Bonchev–Trinajstić information content (AvgIpc) is 2.93. The average molecular weight is 533 g/mol. The summed E-state index contributed by atoms with van der Waals surface area (Å²) in [4.78, 5) is 25.5. The van der Waals surface area contributed by atoms with Crippen molar-refractivity contribution >= 4 is 40.5 Å². The Bertz CT molecular complexity index is 1500. The molecule has 194 valence electrons. The van der Waals surface area contributed by atoms with Crippen LogP contribution < -0.4 is 24.4 Å². The van der Waals surface area contributed by atoms with Crippen LogP contribution in [0.3, 0.4) is 0 Å². The molecule has 0 aromatic heterocycles. The van der Waals surface area contributed by atoms with Crippen LogP contribution in [0.5, 0.6) is 23.0 Å². The lowest BCUT2D eigenvalue weighted by molar-refractivity contribution is -0.127. The van der Waals surface area contributed by atoms with Gasteiger partial charge in [0.2, 0.25) is 0 Å². The summed E-state index contributed by atoms with van der Waals surface area (Å²) in [5, 5.41) is 6.29. The third-order valence-corrected chi connectivity index (χ3v) is 5.83. The molecule has 4 rings (SSSR count). The minimum Gasteiger partial charge on any atom is -0.493 e. The number of nitrogens with one attached hydrogen (secondary N) is 1. The maximum atomic E-state index is 13.0. The monoisotopic (exact) mass is 532 g/mol. The molecule has 0 aliphatic carbocycles. The van der Waals surface area contributed by atoms with Crippen LogP contribution in [0, 0.1) is 0 Å². The molecule has 0 unspecified atom stereocenters. The molecule has 0 saturated carbocycles. The van der Waals surface area contributed by atoms with Crippen LogP contribution in [0.4, 0.5) is 0 Å². The number of amides is 1. The van der Waals surface area contributed by atoms with Gasteiger partial charge >= 0.3 is 5.97 Å². The molecule has 4 aromatic carbocycles. The summed E-state index contributed by atoms with van der Waals surface area (Å²) in [5.41, 5.74) is 3.26. The molecule has 38 heavy (non-hydrogen) atoms. The normalized spacial score (nSPS) is 11.7. The van der Waals surface area contributed by atoms with Gasteiger partial charge in [0.1, 0.15) is 11.5 Å². The van der Waals surface area contributed by atoms with Gasteiger partial charge in [-0.3, -0.25) is 4.79 Å². The zero-order valence-corrected chi connectivity index (χ0v) is 21.7. The highest BCUT2D eigenvalue weighted by molar-refractivity contribution is 6.30. The van der Waals surface area contributed by atoms with Crippen molar-refractivity contribution in [2.45, 2.75) is 13.0 Å². The van der Waals surface area contributed by atoms with Gasteiger partial charge in [0, 0.05) is 10.6 Å². The number of rotatable bonds is 9. The number of benzene rings is 4. The predicted octanol–water partition coefficient (Wildman–Crippen LogP) is 5.65. The highest BCUT2D eigenvalue weighted by atomic mass is 35.5. The number of esters is 1. The first-order valence-corrected chi connectivity index (χ1v) is 12.0. The van der Waals surface area contributed by atoms with Gasteiger partial charge in [0.25, 0.3) is 5.91 Å². The van der Waals surface area contributed by atoms with Crippen LogP contribution in [-0.2, 0) is 4.79 Å². The summed E-state index contributed by atoms with van der Waals surface area (Å²) in [7, 11) is 3.00. The minimum absolute atomic E-state index is 0.268. The lowest BCUT2D eigenvalue weighted by Gasteiger charge is -2.13. The maximum absolute atomic E-state index is 13.0. The lowest BCUT2D eigenvalue weighted by Crippen LogP contribution is -2.33. The third kappa shape index (κ3) is 6.22. The maximum Gasteiger partial charge on any atom is 0.343 e. The van der Waals surface area contributed by atoms with Crippen molar-refractivity contribution in [3.8, 4) is 23.0 Å². The Labute approximate surface area is 224 Å². The van der Waals surface area contributed by atoms with Gasteiger partial charge in [0.05, 0.1) is 26.0 Å². The van der Waals surface area contributed by atoms with E-state index in [9.17, 15) is 9.59 Å². The summed E-state index contributed by atoms with van der Waals surface area (Å²) in [6.45, 7) is 1.60. The molecule has 1 atom stereocenters. The van der Waals surface area contributed by atoms with E-state index in [1.165, 1.54) is 26.5 Å². The fraction of sp³-hybridized carbons (Fsp3) is 0.138. The van der Waals surface area contributed by atoms with Gasteiger partial charge < -0.3 is 18.9 Å². The number of hydrogen-bond donors (Lipinski definition) is 1. The summed E-state index contributed by atoms with van der Waals surface area (Å²) < 4.78 is 21.9. The van der Waals surface area contributed by atoms with Crippen LogP contribution in [0.1, 0.15) is 22.8 Å². The van der Waals surface area contributed by atoms with E-state index >= 15 is 0 Å². The molecule has 0 bridgehead atoms. The molecular weight excluding hydrogens is 508 g/mol. The van der Waals surface area contributed by atoms with Gasteiger partial charge in [-0.1, -0.05) is 48.0 Å².